The van der Waals surface area contributed by atoms with E-state index in [9.17, 15) is 4.79 Å². The zero-order valence-electron chi connectivity index (χ0n) is 16.4. The Hall–Kier alpha value is -2.14. The highest BCUT2D eigenvalue weighted by molar-refractivity contribution is 5.76. The first kappa shape index (κ1) is 20.2. The molecule has 1 aromatic heterocycles. The number of amides is 1. The van der Waals surface area contributed by atoms with E-state index in [1.165, 1.54) is 5.56 Å². The zero-order chi connectivity index (χ0) is 18.9. The third kappa shape index (κ3) is 5.99. The molecule has 5 nitrogen and oxygen atoms in total. The Labute approximate surface area is 156 Å². The van der Waals surface area contributed by atoms with Crippen LogP contribution < -0.4 is 5.32 Å². The van der Waals surface area contributed by atoms with Crippen LogP contribution in [0.4, 0.5) is 0 Å². The summed E-state index contributed by atoms with van der Waals surface area (Å²) in [5, 5.41) is 2.96. The van der Waals surface area contributed by atoms with Crippen molar-refractivity contribution in [2.24, 2.45) is 0 Å². The van der Waals surface area contributed by atoms with Crippen LogP contribution in [0.5, 0.6) is 0 Å². The summed E-state index contributed by atoms with van der Waals surface area (Å²) in [4.78, 5) is 18.5. The first-order chi connectivity index (χ1) is 12.5. The normalized spacial score (nSPS) is 11.3. The van der Waals surface area contributed by atoms with Crippen molar-refractivity contribution in [1.29, 1.82) is 0 Å². The van der Waals surface area contributed by atoms with Gasteiger partial charge in [0.05, 0.1) is 6.20 Å². The molecule has 0 saturated heterocycles. The molecule has 1 amide bonds. The maximum absolute atomic E-state index is 12.0. The van der Waals surface area contributed by atoms with Gasteiger partial charge in [0.2, 0.25) is 5.91 Å². The molecule has 2 aromatic rings. The van der Waals surface area contributed by atoms with E-state index in [0.717, 1.165) is 31.0 Å². The van der Waals surface area contributed by atoms with Crippen LogP contribution in [0.2, 0.25) is 0 Å². The quantitative estimate of drug-likeness (QED) is 0.701. The molecule has 0 spiro atoms. The van der Waals surface area contributed by atoms with Crippen molar-refractivity contribution < 1.29 is 9.21 Å². The fourth-order valence-corrected chi connectivity index (χ4v) is 2.79. The fraction of sp³-hybridized carbons (Fsp3) is 0.524. The van der Waals surface area contributed by atoms with Crippen LogP contribution in [0.3, 0.4) is 0 Å². The second-order valence-corrected chi connectivity index (χ2v) is 6.77. The number of aromatic nitrogens is 1. The largest absolute Gasteiger partial charge is 0.441 e. The van der Waals surface area contributed by atoms with Crippen LogP contribution >= 0.6 is 0 Å². The molecule has 0 saturated carbocycles. The molecule has 0 radical (unpaired) electrons. The van der Waals surface area contributed by atoms with Crippen molar-refractivity contribution in [2.45, 2.75) is 46.5 Å². The Kier molecular flexibility index (Phi) is 7.85. The number of nitrogens with zero attached hydrogens (tertiary/aromatic N) is 2. The zero-order valence-corrected chi connectivity index (χ0v) is 16.4. The number of hydrogen-bond donors (Lipinski definition) is 1. The predicted molar refractivity (Wildman–Crippen MR) is 105 cm³/mol. The second-order valence-electron chi connectivity index (χ2n) is 6.77. The summed E-state index contributed by atoms with van der Waals surface area (Å²) in [6.07, 6.45) is 2.64. The molecule has 26 heavy (non-hydrogen) atoms. The van der Waals surface area contributed by atoms with Crippen molar-refractivity contribution >= 4 is 5.91 Å². The summed E-state index contributed by atoms with van der Waals surface area (Å²) < 4.78 is 5.80. The van der Waals surface area contributed by atoms with Crippen LogP contribution in [0.15, 0.2) is 34.9 Å². The maximum Gasteiger partial charge on any atom is 0.220 e. The number of nitrogens with one attached hydrogen (secondary N) is 1. The number of oxazole rings is 1. The minimum absolute atomic E-state index is 0.0400. The summed E-state index contributed by atoms with van der Waals surface area (Å²) in [5.74, 6) is 1.90. The van der Waals surface area contributed by atoms with E-state index in [4.69, 9.17) is 4.42 Å². The molecule has 1 N–H and O–H groups in total. The van der Waals surface area contributed by atoms with Crippen molar-refractivity contribution in [3.8, 4) is 11.3 Å². The minimum Gasteiger partial charge on any atom is -0.441 e. The summed E-state index contributed by atoms with van der Waals surface area (Å²) in [6.45, 7) is 12.2. The first-order valence-electron chi connectivity index (χ1n) is 9.57. The Morgan fingerprint density at radius 1 is 1.19 bits per heavy atom. The van der Waals surface area contributed by atoms with Gasteiger partial charge in [-0.25, -0.2) is 4.98 Å². The van der Waals surface area contributed by atoms with Crippen LogP contribution in [-0.4, -0.2) is 42.0 Å². The molecule has 0 aliphatic carbocycles. The Bertz CT molecular complexity index is 673. The molecular formula is C21H31N3O2. The number of benzene rings is 1. The van der Waals surface area contributed by atoms with Crippen molar-refractivity contribution in [3.63, 3.8) is 0 Å². The monoisotopic (exact) mass is 357 g/mol. The maximum atomic E-state index is 12.0. The van der Waals surface area contributed by atoms with Gasteiger partial charge >= 0.3 is 0 Å². The van der Waals surface area contributed by atoms with Crippen molar-refractivity contribution in [3.05, 3.63) is 41.9 Å². The fourth-order valence-electron chi connectivity index (χ4n) is 2.79. The van der Waals surface area contributed by atoms with Gasteiger partial charge in [-0.05, 0) is 24.6 Å². The van der Waals surface area contributed by atoms with Crippen molar-refractivity contribution in [2.75, 3.05) is 26.2 Å². The molecule has 0 aliphatic heterocycles. The van der Waals surface area contributed by atoms with Gasteiger partial charge in [0, 0.05) is 31.5 Å². The topological polar surface area (TPSA) is 58.4 Å². The summed E-state index contributed by atoms with van der Waals surface area (Å²) >= 11 is 0. The van der Waals surface area contributed by atoms with Gasteiger partial charge in [-0.15, -0.1) is 0 Å². The van der Waals surface area contributed by atoms with E-state index in [0.29, 0.717) is 31.2 Å². The average Bonchev–Trinajstić information content (AvgIpc) is 3.12. The van der Waals surface area contributed by atoms with Crippen molar-refractivity contribution in [1.82, 2.24) is 15.2 Å². The van der Waals surface area contributed by atoms with Gasteiger partial charge in [-0.2, -0.15) is 0 Å². The number of aryl methyl sites for hydroxylation is 1. The third-order valence-electron chi connectivity index (χ3n) is 4.63. The summed E-state index contributed by atoms with van der Waals surface area (Å²) in [5.41, 5.74) is 2.31. The Morgan fingerprint density at radius 3 is 2.50 bits per heavy atom. The highest BCUT2D eigenvalue weighted by atomic mass is 16.4. The molecule has 5 heteroatoms. The molecule has 142 valence electrons. The molecule has 0 aliphatic rings. The van der Waals surface area contributed by atoms with Crippen LogP contribution in [0.25, 0.3) is 11.3 Å². The van der Waals surface area contributed by atoms with E-state index in [-0.39, 0.29) is 5.91 Å². The molecular weight excluding hydrogens is 326 g/mol. The summed E-state index contributed by atoms with van der Waals surface area (Å²) in [7, 11) is 0. The predicted octanol–water partition coefficient (Wildman–Crippen LogP) is 3.86. The molecule has 0 atom stereocenters. The van der Waals surface area contributed by atoms with Crippen LogP contribution in [0.1, 0.15) is 51.5 Å². The third-order valence-corrected chi connectivity index (χ3v) is 4.63. The number of hydrogen-bond acceptors (Lipinski definition) is 4. The lowest BCUT2D eigenvalue weighted by Gasteiger charge is -2.17. The molecule has 1 aromatic carbocycles. The molecule has 1 heterocycles. The van der Waals surface area contributed by atoms with Crippen LogP contribution in [0, 0.1) is 0 Å². The Morgan fingerprint density at radius 2 is 1.88 bits per heavy atom. The van der Waals surface area contributed by atoms with Gasteiger partial charge in [-0.1, -0.05) is 52.0 Å². The lowest BCUT2D eigenvalue weighted by Crippen LogP contribution is -2.34. The number of carbonyl (C=O) groups is 1. The minimum atomic E-state index is 0.0400. The van der Waals surface area contributed by atoms with Gasteiger partial charge in [-0.3, -0.25) is 4.79 Å². The average molecular weight is 357 g/mol. The van der Waals surface area contributed by atoms with E-state index in [1.54, 1.807) is 6.20 Å². The first-order valence-corrected chi connectivity index (χ1v) is 9.57. The van der Waals surface area contributed by atoms with Gasteiger partial charge in [0.25, 0.3) is 0 Å². The smallest absolute Gasteiger partial charge is 0.220 e. The highest BCUT2D eigenvalue weighted by Gasteiger charge is 2.10. The standard InChI is InChI=1S/C21H31N3O2/c1-5-24(6-2)14-13-22-20(25)11-12-21-23-15-19(26-21)18-9-7-17(8-10-18)16(3)4/h7-10,15-16H,5-6,11-14H2,1-4H3,(H,22,25). The van der Waals surface area contributed by atoms with E-state index in [1.807, 2.05) is 0 Å². The SMILES string of the molecule is CCN(CC)CCNC(=O)CCc1ncc(-c2ccc(C(C)C)cc2)o1. The van der Waals surface area contributed by atoms with Crippen LogP contribution in [-0.2, 0) is 11.2 Å². The Balaban J connectivity index is 1.80. The molecule has 0 unspecified atom stereocenters. The molecule has 2 rings (SSSR count). The number of carbonyl (C=O) groups excluding carboxylic acids is 1. The van der Waals surface area contributed by atoms with E-state index >= 15 is 0 Å². The van der Waals surface area contributed by atoms with Gasteiger partial charge in [0.1, 0.15) is 0 Å². The number of likely N-dealkylation sites (N-methyl/N-ethyl adjacent to an activating group) is 1. The second kappa shape index (κ2) is 10.1. The molecule has 0 fully saturated rings. The lowest BCUT2D eigenvalue weighted by atomic mass is 10.0. The molecule has 0 bridgehead atoms. The summed E-state index contributed by atoms with van der Waals surface area (Å²) in [6, 6.07) is 8.34. The van der Waals surface area contributed by atoms with E-state index in [2.05, 4.69) is 67.2 Å². The lowest BCUT2D eigenvalue weighted by molar-refractivity contribution is -0.121. The number of rotatable bonds is 10. The van der Waals surface area contributed by atoms with Gasteiger partial charge < -0.3 is 14.6 Å². The highest BCUT2D eigenvalue weighted by Crippen LogP contribution is 2.23. The van der Waals surface area contributed by atoms with E-state index < -0.39 is 0 Å². The van der Waals surface area contributed by atoms with Gasteiger partial charge in [0.15, 0.2) is 11.7 Å².